The van der Waals surface area contributed by atoms with Gasteiger partial charge in [-0.2, -0.15) is 0 Å². The third kappa shape index (κ3) is 4.17. The molecule has 1 aliphatic carbocycles. The van der Waals surface area contributed by atoms with E-state index in [0.717, 1.165) is 40.2 Å². The Kier molecular flexibility index (Phi) is 6.00. The number of rotatable bonds is 4. The smallest absolute Gasteiger partial charge is 0.312 e. The van der Waals surface area contributed by atoms with Gasteiger partial charge in [0.15, 0.2) is 4.80 Å². The number of aryl methyl sites for hydroxylation is 1. The second-order valence-electron chi connectivity index (χ2n) is 9.09. The van der Waals surface area contributed by atoms with E-state index in [1.807, 2.05) is 24.3 Å². The Morgan fingerprint density at radius 1 is 1.05 bits per heavy atom. The first-order valence-electron chi connectivity index (χ1n) is 11.8. The average molecular weight is 605 g/mol. The van der Waals surface area contributed by atoms with Crippen molar-refractivity contribution in [2.75, 3.05) is 0 Å². The minimum absolute atomic E-state index is 0.0867. The quantitative estimate of drug-likeness (QED) is 0.266. The zero-order valence-electron chi connectivity index (χ0n) is 19.9. The van der Waals surface area contributed by atoms with Gasteiger partial charge in [-0.15, -0.1) is 0 Å². The van der Waals surface area contributed by atoms with Gasteiger partial charge < -0.3 is 5.11 Å². The van der Waals surface area contributed by atoms with Crippen molar-refractivity contribution in [3.63, 3.8) is 0 Å². The van der Waals surface area contributed by atoms with Gasteiger partial charge in [-0.05, 0) is 41.7 Å². The fourth-order valence-corrected chi connectivity index (χ4v) is 6.58. The number of thiazole rings is 1. The molecule has 1 aromatic heterocycles. The predicted molar refractivity (Wildman–Crippen MR) is 148 cm³/mol. The summed E-state index contributed by atoms with van der Waals surface area (Å²) < 4.78 is 2.10. The molecule has 0 radical (unpaired) electrons. The molecular weight excluding hydrogens is 588 g/mol. The minimum atomic E-state index is -0.702. The summed E-state index contributed by atoms with van der Waals surface area (Å²) >= 11 is 4.31. The lowest BCUT2D eigenvalue weighted by molar-refractivity contribution is -0.386. The molecule has 1 aliphatic heterocycles. The van der Waals surface area contributed by atoms with Crippen molar-refractivity contribution in [3.05, 3.63) is 133 Å². The Morgan fingerprint density at radius 2 is 1.85 bits per heavy atom. The van der Waals surface area contributed by atoms with E-state index >= 15 is 0 Å². The van der Waals surface area contributed by atoms with Gasteiger partial charge in [0.1, 0.15) is 0 Å². The van der Waals surface area contributed by atoms with Crippen LogP contribution in [0.1, 0.15) is 34.7 Å². The van der Waals surface area contributed by atoms with E-state index in [2.05, 4.69) is 15.9 Å². The Morgan fingerprint density at radius 3 is 2.62 bits per heavy atom. The van der Waals surface area contributed by atoms with Crippen molar-refractivity contribution in [1.29, 1.82) is 0 Å². The number of nitrogens with zero attached hydrogens (tertiary/aromatic N) is 4. The lowest BCUT2D eigenvalue weighted by Gasteiger charge is -2.30. The first kappa shape index (κ1) is 24.9. The second kappa shape index (κ2) is 9.40. The third-order valence-corrected chi connectivity index (χ3v) is 8.28. The summed E-state index contributed by atoms with van der Waals surface area (Å²) in [4.78, 5) is 40.9. The van der Waals surface area contributed by atoms with Gasteiger partial charge in [0, 0.05) is 33.8 Å². The van der Waals surface area contributed by atoms with E-state index in [-0.39, 0.29) is 15.8 Å². The summed E-state index contributed by atoms with van der Waals surface area (Å²) in [6.45, 7) is 0. The van der Waals surface area contributed by atoms with Crippen LogP contribution >= 0.6 is 27.3 Å². The number of non-ortho nitro benzene ring substituents is 1. The molecule has 0 saturated heterocycles. The Bertz CT molecular complexity index is 1940. The molecule has 2 aliphatic rings. The normalized spacial score (nSPS) is 16.2. The van der Waals surface area contributed by atoms with Crippen molar-refractivity contribution in [1.82, 2.24) is 4.57 Å². The molecule has 2 heterocycles. The number of allylic oxidation sites excluding steroid dienone is 1. The molecule has 194 valence electrons. The van der Waals surface area contributed by atoms with Crippen molar-refractivity contribution in [3.8, 4) is 5.75 Å². The van der Waals surface area contributed by atoms with E-state index < -0.39 is 32.9 Å². The van der Waals surface area contributed by atoms with Crippen LogP contribution in [0.3, 0.4) is 0 Å². The van der Waals surface area contributed by atoms with Gasteiger partial charge in [0.25, 0.3) is 11.2 Å². The number of halogens is 1. The van der Waals surface area contributed by atoms with E-state index in [1.54, 1.807) is 12.1 Å². The number of phenols is 1. The Balaban J connectivity index is 1.63. The highest BCUT2D eigenvalue weighted by Gasteiger charge is 2.33. The minimum Gasteiger partial charge on any atom is -0.502 e. The van der Waals surface area contributed by atoms with E-state index in [1.165, 1.54) is 34.9 Å². The molecule has 4 aromatic rings. The number of aromatic nitrogens is 1. The lowest BCUT2D eigenvalue weighted by atomic mass is 9.83. The summed E-state index contributed by atoms with van der Waals surface area (Å²) in [7, 11) is 0. The molecule has 0 fully saturated rings. The number of nitro groups is 2. The number of aromatic hydroxyl groups is 1. The highest BCUT2D eigenvalue weighted by Crippen LogP contribution is 2.41. The van der Waals surface area contributed by atoms with Crippen LogP contribution < -0.4 is 14.9 Å². The number of nitro benzene ring substituents is 2. The summed E-state index contributed by atoms with van der Waals surface area (Å²) in [6.07, 6.45) is 2.75. The highest BCUT2D eigenvalue weighted by atomic mass is 79.9. The van der Waals surface area contributed by atoms with Crippen LogP contribution in [0.4, 0.5) is 11.4 Å². The molecule has 3 aromatic carbocycles. The van der Waals surface area contributed by atoms with Crippen LogP contribution in [0.15, 0.2) is 80.5 Å². The third-order valence-electron chi connectivity index (χ3n) is 6.84. The maximum Gasteiger partial charge on any atom is 0.312 e. The molecule has 1 atom stereocenters. The van der Waals surface area contributed by atoms with Gasteiger partial charge >= 0.3 is 5.69 Å². The zero-order chi connectivity index (χ0) is 27.4. The summed E-state index contributed by atoms with van der Waals surface area (Å²) in [5, 5.41) is 33.5. The topological polar surface area (TPSA) is 141 Å². The molecule has 0 saturated carbocycles. The van der Waals surface area contributed by atoms with Crippen LogP contribution in [-0.4, -0.2) is 19.5 Å². The first-order chi connectivity index (χ1) is 18.7. The van der Waals surface area contributed by atoms with E-state index in [4.69, 9.17) is 4.99 Å². The number of hydrogen-bond donors (Lipinski definition) is 1. The molecular formula is C27H17BrN4O6S. The van der Waals surface area contributed by atoms with Gasteiger partial charge in [-0.3, -0.25) is 29.6 Å². The summed E-state index contributed by atoms with van der Waals surface area (Å²) in [5.41, 5.74) is 3.39. The lowest BCUT2D eigenvalue weighted by Crippen LogP contribution is -2.38. The fourth-order valence-electron chi connectivity index (χ4n) is 5.13. The van der Waals surface area contributed by atoms with Crippen LogP contribution in [0, 0.1) is 20.2 Å². The van der Waals surface area contributed by atoms with Crippen LogP contribution in [-0.2, 0) is 6.42 Å². The summed E-state index contributed by atoms with van der Waals surface area (Å²) in [6, 6.07) is 16.2. The predicted octanol–water partition coefficient (Wildman–Crippen LogP) is 4.60. The maximum absolute atomic E-state index is 13.9. The molecule has 6 rings (SSSR count). The van der Waals surface area contributed by atoms with Crippen molar-refractivity contribution >= 4 is 50.4 Å². The molecule has 12 heteroatoms. The maximum atomic E-state index is 13.9. The zero-order valence-corrected chi connectivity index (χ0v) is 22.3. The van der Waals surface area contributed by atoms with Gasteiger partial charge in [-0.25, -0.2) is 4.99 Å². The van der Waals surface area contributed by atoms with Crippen LogP contribution in [0.2, 0.25) is 0 Å². The number of benzene rings is 3. The molecule has 0 bridgehead atoms. The highest BCUT2D eigenvalue weighted by molar-refractivity contribution is 9.10. The largest absolute Gasteiger partial charge is 0.502 e. The Labute approximate surface area is 231 Å². The monoisotopic (exact) mass is 604 g/mol. The second-order valence-corrected chi connectivity index (χ2v) is 11.0. The van der Waals surface area contributed by atoms with E-state index in [9.17, 15) is 30.1 Å². The standard InChI is InChI=1S/C27H17BrN4O6S/c28-17-10-16(25(33)21(13-17)32(37)38)12-22-26(34)30-24(15-5-3-6-18(11-15)31(35)36)20-9-8-14-4-1-2-7-19(14)23(20)29-27(30)39-22/h1-7,10-13,24,33H,8-9H2/b22-12-/t24-/m0/s1. The molecule has 10 nitrogen and oxygen atoms in total. The summed E-state index contributed by atoms with van der Waals surface area (Å²) in [5.74, 6) is -0.558. The molecule has 39 heavy (non-hydrogen) atoms. The molecule has 0 amide bonds. The Hall–Kier alpha value is -4.42. The molecule has 0 spiro atoms. The van der Waals surface area contributed by atoms with Gasteiger partial charge in [0.05, 0.1) is 26.1 Å². The van der Waals surface area contributed by atoms with E-state index in [0.29, 0.717) is 21.3 Å². The fraction of sp³-hybridized carbons (Fsp3) is 0.111. The number of hydrogen-bond acceptors (Lipinski definition) is 8. The van der Waals surface area contributed by atoms with Crippen molar-refractivity contribution in [2.45, 2.75) is 18.9 Å². The van der Waals surface area contributed by atoms with Crippen LogP contribution in [0.5, 0.6) is 5.75 Å². The van der Waals surface area contributed by atoms with Crippen molar-refractivity contribution < 1.29 is 15.0 Å². The van der Waals surface area contributed by atoms with Gasteiger partial charge in [-0.1, -0.05) is 63.7 Å². The number of phenolic OH excluding ortho intramolecular Hbond substituents is 1. The van der Waals surface area contributed by atoms with Crippen molar-refractivity contribution in [2.24, 2.45) is 4.99 Å². The SMILES string of the molecule is O=c1/c(=C/c2cc(Br)cc([N+](=O)[O-])c2O)sc2n1[C@@H](c1cccc([N+](=O)[O-])c1)C1=C(N=2)c2ccccc2CC1. The number of fused-ring (bicyclic) bond motifs is 3. The average Bonchev–Trinajstić information content (AvgIpc) is 3.23. The first-order valence-corrected chi connectivity index (χ1v) is 13.4. The van der Waals surface area contributed by atoms with Gasteiger partial charge in [0.2, 0.25) is 5.75 Å². The molecule has 0 unspecified atom stereocenters. The molecule has 1 N–H and O–H groups in total. The van der Waals surface area contributed by atoms with Crippen LogP contribution in [0.25, 0.3) is 11.8 Å².